The Morgan fingerprint density at radius 2 is 2.21 bits per heavy atom. The van der Waals surface area contributed by atoms with Crippen LogP contribution in [0.2, 0.25) is 0 Å². The van der Waals surface area contributed by atoms with Gasteiger partial charge in [0.15, 0.2) is 6.61 Å². The number of carbonyl (C=O) groups excluding carboxylic acids is 1. The molecule has 1 aromatic heterocycles. The minimum atomic E-state index is -0.132. The average molecular weight is 265 g/mol. The minimum absolute atomic E-state index is 0.00762. The SMILES string of the molecule is CCC(N)Cc1ccc(OCC(=O)NC(C)C)cn1. The van der Waals surface area contributed by atoms with Gasteiger partial charge in [0.05, 0.1) is 6.20 Å². The van der Waals surface area contributed by atoms with E-state index in [1.54, 1.807) is 6.20 Å². The number of pyridine rings is 1. The Morgan fingerprint density at radius 3 is 2.74 bits per heavy atom. The molecule has 0 saturated heterocycles. The molecule has 0 aliphatic carbocycles. The van der Waals surface area contributed by atoms with Crippen molar-refractivity contribution in [3.63, 3.8) is 0 Å². The molecule has 106 valence electrons. The first-order valence-electron chi connectivity index (χ1n) is 6.64. The van der Waals surface area contributed by atoms with Crippen LogP contribution in [0.3, 0.4) is 0 Å². The first kappa shape index (κ1) is 15.4. The van der Waals surface area contributed by atoms with E-state index in [1.165, 1.54) is 0 Å². The van der Waals surface area contributed by atoms with Crippen molar-refractivity contribution in [2.24, 2.45) is 5.73 Å². The van der Waals surface area contributed by atoms with Gasteiger partial charge in [-0.05, 0) is 32.4 Å². The lowest BCUT2D eigenvalue weighted by Crippen LogP contribution is -2.34. The molecule has 1 aromatic rings. The molecule has 3 N–H and O–H groups in total. The van der Waals surface area contributed by atoms with Crippen molar-refractivity contribution in [3.8, 4) is 5.75 Å². The second-order valence-electron chi connectivity index (χ2n) is 4.87. The number of hydrogen-bond acceptors (Lipinski definition) is 4. The Balaban J connectivity index is 2.42. The van der Waals surface area contributed by atoms with E-state index < -0.39 is 0 Å². The highest BCUT2D eigenvalue weighted by molar-refractivity contribution is 5.77. The van der Waals surface area contributed by atoms with Crippen LogP contribution in [-0.4, -0.2) is 29.6 Å². The Kier molecular flexibility index (Phi) is 6.29. The van der Waals surface area contributed by atoms with Gasteiger partial charge in [0.1, 0.15) is 5.75 Å². The minimum Gasteiger partial charge on any atom is -0.482 e. The summed E-state index contributed by atoms with van der Waals surface area (Å²) in [6.45, 7) is 5.87. The molecule has 1 amide bonds. The molecule has 5 heteroatoms. The molecule has 0 radical (unpaired) electrons. The van der Waals surface area contributed by atoms with Crippen LogP contribution < -0.4 is 15.8 Å². The lowest BCUT2D eigenvalue weighted by Gasteiger charge is -2.10. The van der Waals surface area contributed by atoms with Crippen LogP contribution in [0.15, 0.2) is 18.3 Å². The first-order chi connectivity index (χ1) is 9.01. The van der Waals surface area contributed by atoms with E-state index in [1.807, 2.05) is 26.0 Å². The monoisotopic (exact) mass is 265 g/mol. The number of carbonyl (C=O) groups is 1. The summed E-state index contributed by atoms with van der Waals surface area (Å²) in [6, 6.07) is 3.95. The van der Waals surface area contributed by atoms with Crippen LogP contribution in [0, 0.1) is 0 Å². The molecule has 0 spiro atoms. The molecule has 0 aliphatic rings. The molecular formula is C14H23N3O2. The zero-order valence-corrected chi connectivity index (χ0v) is 11.8. The predicted molar refractivity (Wildman–Crippen MR) is 75.0 cm³/mol. The second kappa shape index (κ2) is 7.74. The lowest BCUT2D eigenvalue weighted by molar-refractivity contribution is -0.123. The van der Waals surface area contributed by atoms with Gasteiger partial charge in [-0.25, -0.2) is 0 Å². The van der Waals surface area contributed by atoms with Crippen LogP contribution in [-0.2, 0) is 11.2 Å². The molecule has 19 heavy (non-hydrogen) atoms. The smallest absolute Gasteiger partial charge is 0.258 e. The van der Waals surface area contributed by atoms with E-state index in [9.17, 15) is 4.79 Å². The molecule has 5 nitrogen and oxygen atoms in total. The van der Waals surface area contributed by atoms with E-state index in [4.69, 9.17) is 10.5 Å². The summed E-state index contributed by atoms with van der Waals surface area (Å²) in [5.74, 6) is 0.458. The predicted octanol–water partition coefficient (Wildman–Crippen LogP) is 1.26. The normalized spacial score (nSPS) is 12.3. The Hall–Kier alpha value is -1.62. The fourth-order valence-corrected chi connectivity index (χ4v) is 1.54. The summed E-state index contributed by atoms with van der Waals surface area (Å²) < 4.78 is 5.35. The molecule has 0 bridgehead atoms. The third-order valence-corrected chi connectivity index (χ3v) is 2.61. The molecular weight excluding hydrogens is 242 g/mol. The standard InChI is InChI=1S/C14H23N3O2/c1-4-11(15)7-12-5-6-13(8-16-12)19-9-14(18)17-10(2)3/h5-6,8,10-11H,4,7,9,15H2,1-3H3,(H,17,18). The molecule has 0 aliphatic heterocycles. The summed E-state index contributed by atoms with van der Waals surface area (Å²) in [6.07, 6.45) is 3.31. The van der Waals surface area contributed by atoms with E-state index in [-0.39, 0.29) is 24.6 Å². The number of amides is 1. The van der Waals surface area contributed by atoms with Crippen LogP contribution in [0.5, 0.6) is 5.75 Å². The number of hydrogen-bond donors (Lipinski definition) is 2. The van der Waals surface area contributed by atoms with Crippen molar-refractivity contribution in [1.29, 1.82) is 0 Å². The maximum Gasteiger partial charge on any atom is 0.258 e. The topological polar surface area (TPSA) is 77.2 Å². The molecule has 1 rings (SSSR count). The lowest BCUT2D eigenvalue weighted by atomic mass is 10.1. The number of rotatable bonds is 7. The van der Waals surface area contributed by atoms with Gasteiger partial charge in [0.25, 0.3) is 5.91 Å². The van der Waals surface area contributed by atoms with Gasteiger partial charge >= 0.3 is 0 Å². The van der Waals surface area contributed by atoms with E-state index in [0.29, 0.717) is 5.75 Å². The summed E-state index contributed by atoms with van der Waals surface area (Å²) in [5, 5.41) is 2.76. The number of nitrogens with two attached hydrogens (primary N) is 1. The summed E-state index contributed by atoms with van der Waals surface area (Å²) in [4.78, 5) is 15.7. The average Bonchev–Trinajstić information content (AvgIpc) is 2.37. The third kappa shape index (κ3) is 6.20. The van der Waals surface area contributed by atoms with Crippen molar-refractivity contribution in [3.05, 3.63) is 24.0 Å². The van der Waals surface area contributed by atoms with Gasteiger partial charge in [0.2, 0.25) is 0 Å². The fourth-order valence-electron chi connectivity index (χ4n) is 1.54. The van der Waals surface area contributed by atoms with Gasteiger partial charge in [-0.3, -0.25) is 9.78 Å². The van der Waals surface area contributed by atoms with Crippen LogP contribution in [0.25, 0.3) is 0 Å². The Labute approximate surface area is 114 Å². The Morgan fingerprint density at radius 1 is 1.47 bits per heavy atom. The largest absolute Gasteiger partial charge is 0.482 e. The van der Waals surface area contributed by atoms with Gasteiger partial charge in [0, 0.05) is 24.2 Å². The van der Waals surface area contributed by atoms with Gasteiger partial charge in [-0.15, -0.1) is 0 Å². The van der Waals surface area contributed by atoms with E-state index in [2.05, 4.69) is 17.2 Å². The van der Waals surface area contributed by atoms with Crippen molar-refractivity contribution in [2.75, 3.05) is 6.61 Å². The van der Waals surface area contributed by atoms with E-state index >= 15 is 0 Å². The molecule has 1 unspecified atom stereocenters. The molecule has 0 fully saturated rings. The number of nitrogens with one attached hydrogen (secondary N) is 1. The zero-order valence-electron chi connectivity index (χ0n) is 11.8. The van der Waals surface area contributed by atoms with Crippen molar-refractivity contribution in [1.82, 2.24) is 10.3 Å². The van der Waals surface area contributed by atoms with Crippen LogP contribution in [0.1, 0.15) is 32.9 Å². The second-order valence-corrected chi connectivity index (χ2v) is 4.87. The highest BCUT2D eigenvalue weighted by Crippen LogP contribution is 2.10. The number of nitrogens with zero attached hydrogens (tertiary/aromatic N) is 1. The van der Waals surface area contributed by atoms with Crippen molar-refractivity contribution in [2.45, 2.75) is 45.7 Å². The summed E-state index contributed by atoms with van der Waals surface area (Å²) in [7, 11) is 0. The first-order valence-corrected chi connectivity index (χ1v) is 6.64. The van der Waals surface area contributed by atoms with Crippen LogP contribution in [0.4, 0.5) is 0 Å². The quantitative estimate of drug-likeness (QED) is 0.778. The van der Waals surface area contributed by atoms with Gasteiger partial charge < -0.3 is 15.8 Å². The summed E-state index contributed by atoms with van der Waals surface area (Å²) in [5.41, 5.74) is 6.80. The number of aromatic nitrogens is 1. The molecule has 0 saturated carbocycles. The molecule has 1 heterocycles. The molecule has 1 atom stereocenters. The highest BCUT2D eigenvalue weighted by atomic mass is 16.5. The summed E-state index contributed by atoms with van der Waals surface area (Å²) >= 11 is 0. The van der Waals surface area contributed by atoms with E-state index in [0.717, 1.165) is 18.5 Å². The maximum absolute atomic E-state index is 11.4. The number of ether oxygens (including phenoxy) is 1. The third-order valence-electron chi connectivity index (χ3n) is 2.61. The maximum atomic E-state index is 11.4. The van der Waals surface area contributed by atoms with Crippen LogP contribution >= 0.6 is 0 Å². The zero-order chi connectivity index (χ0) is 14.3. The Bertz CT molecular complexity index is 390. The van der Waals surface area contributed by atoms with Gasteiger partial charge in [-0.2, -0.15) is 0 Å². The van der Waals surface area contributed by atoms with Crippen molar-refractivity contribution >= 4 is 5.91 Å². The highest BCUT2D eigenvalue weighted by Gasteiger charge is 2.06. The van der Waals surface area contributed by atoms with Crippen molar-refractivity contribution < 1.29 is 9.53 Å². The molecule has 0 aromatic carbocycles. The fraction of sp³-hybridized carbons (Fsp3) is 0.571. The van der Waals surface area contributed by atoms with Gasteiger partial charge in [-0.1, -0.05) is 6.92 Å².